The molecule has 0 saturated carbocycles. The molecule has 0 aliphatic heterocycles. The Labute approximate surface area is 80.0 Å². The number of rotatable bonds is 4. The number of carboxylic acids is 1. The Morgan fingerprint density at radius 2 is 2.23 bits per heavy atom. The predicted molar refractivity (Wildman–Crippen MR) is 50.3 cm³/mol. The Morgan fingerprint density at radius 3 is 2.77 bits per heavy atom. The summed E-state index contributed by atoms with van der Waals surface area (Å²) >= 11 is 1.44. The zero-order valence-electron chi connectivity index (χ0n) is 7.24. The maximum atomic E-state index is 11.0. The molecule has 1 rings (SSSR count). The Hall–Kier alpha value is -1.16. The molecule has 3 nitrogen and oxygen atoms in total. The van der Waals surface area contributed by atoms with E-state index in [0.29, 0.717) is 12.0 Å². The molecule has 0 aromatic carbocycles. The number of ketones is 1. The van der Waals surface area contributed by atoms with E-state index in [1.807, 2.05) is 5.38 Å². The molecule has 0 amide bonds. The van der Waals surface area contributed by atoms with Crippen molar-refractivity contribution < 1.29 is 14.7 Å². The molecule has 0 aliphatic carbocycles. The van der Waals surface area contributed by atoms with Gasteiger partial charge < -0.3 is 5.11 Å². The SMILES string of the molecule is CC(=O)c1ccsc1CCC(=O)O. The highest BCUT2D eigenvalue weighted by atomic mass is 32.1. The maximum Gasteiger partial charge on any atom is 0.303 e. The largest absolute Gasteiger partial charge is 0.481 e. The Kier molecular flexibility index (Phi) is 3.19. The fourth-order valence-corrected chi connectivity index (χ4v) is 2.00. The molecular weight excluding hydrogens is 188 g/mol. The Morgan fingerprint density at radius 1 is 1.54 bits per heavy atom. The van der Waals surface area contributed by atoms with Crippen LogP contribution in [0.25, 0.3) is 0 Å². The van der Waals surface area contributed by atoms with E-state index in [1.165, 1.54) is 18.3 Å². The number of aryl methyl sites for hydroxylation is 1. The lowest BCUT2D eigenvalue weighted by atomic mass is 10.1. The average molecular weight is 198 g/mol. The van der Waals surface area contributed by atoms with Crippen LogP contribution in [0.2, 0.25) is 0 Å². The molecule has 70 valence electrons. The third-order valence-electron chi connectivity index (χ3n) is 1.69. The van der Waals surface area contributed by atoms with Crippen LogP contribution in [-0.2, 0) is 11.2 Å². The number of carbonyl (C=O) groups is 2. The van der Waals surface area contributed by atoms with Crippen molar-refractivity contribution in [2.45, 2.75) is 19.8 Å². The predicted octanol–water partition coefficient (Wildman–Crippen LogP) is 1.97. The fraction of sp³-hybridized carbons (Fsp3) is 0.333. The van der Waals surface area contributed by atoms with Crippen LogP contribution < -0.4 is 0 Å². The third-order valence-corrected chi connectivity index (χ3v) is 2.67. The summed E-state index contributed by atoms with van der Waals surface area (Å²) in [6, 6.07) is 1.74. The molecule has 13 heavy (non-hydrogen) atoms. The van der Waals surface area contributed by atoms with Gasteiger partial charge in [-0.2, -0.15) is 0 Å². The number of hydrogen-bond acceptors (Lipinski definition) is 3. The van der Waals surface area contributed by atoms with Gasteiger partial charge in [-0.3, -0.25) is 9.59 Å². The van der Waals surface area contributed by atoms with Crippen LogP contribution in [0.15, 0.2) is 11.4 Å². The van der Waals surface area contributed by atoms with Crippen LogP contribution in [0, 0.1) is 0 Å². The molecule has 0 bridgehead atoms. The van der Waals surface area contributed by atoms with E-state index in [4.69, 9.17) is 5.11 Å². The summed E-state index contributed by atoms with van der Waals surface area (Å²) in [4.78, 5) is 22.2. The molecule has 1 aromatic rings. The zero-order valence-corrected chi connectivity index (χ0v) is 8.06. The average Bonchev–Trinajstić information content (AvgIpc) is 2.47. The van der Waals surface area contributed by atoms with Crippen LogP contribution >= 0.6 is 11.3 Å². The number of carboxylic acid groups (broad SMARTS) is 1. The number of Topliss-reactive ketones (excluding diaryl/α,β-unsaturated/α-hetero) is 1. The van der Waals surface area contributed by atoms with Gasteiger partial charge in [-0.25, -0.2) is 0 Å². The van der Waals surface area contributed by atoms with E-state index in [9.17, 15) is 9.59 Å². The second-order valence-electron chi connectivity index (χ2n) is 2.71. The first-order chi connectivity index (χ1) is 6.11. The summed E-state index contributed by atoms with van der Waals surface area (Å²) in [5.74, 6) is -0.829. The van der Waals surface area contributed by atoms with Crippen molar-refractivity contribution in [3.8, 4) is 0 Å². The van der Waals surface area contributed by atoms with E-state index in [2.05, 4.69) is 0 Å². The molecule has 0 saturated heterocycles. The fourth-order valence-electron chi connectivity index (χ4n) is 1.07. The molecule has 4 heteroatoms. The molecule has 0 fully saturated rings. The van der Waals surface area contributed by atoms with Crippen LogP contribution in [0.4, 0.5) is 0 Å². The molecule has 0 atom stereocenters. The quantitative estimate of drug-likeness (QED) is 0.752. The highest BCUT2D eigenvalue weighted by Crippen LogP contribution is 2.18. The van der Waals surface area contributed by atoms with Gasteiger partial charge in [0.05, 0.1) is 6.42 Å². The Balaban J connectivity index is 2.71. The van der Waals surface area contributed by atoms with Crippen molar-refractivity contribution in [1.29, 1.82) is 0 Å². The summed E-state index contributed by atoms with van der Waals surface area (Å²) in [7, 11) is 0. The monoisotopic (exact) mass is 198 g/mol. The van der Waals surface area contributed by atoms with E-state index < -0.39 is 5.97 Å². The maximum absolute atomic E-state index is 11.0. The lowest BCUT2D eigenvalue weighted by molar-refractivity contribution is -0.136. The van der Waals surface area contributed by atoms with Crippen LogP contribution in [-0.4, -0.2) is 16.9 Å². The van der Waals surface area contributed by atoms with Crippen molar-refractivity contribution in [2.75, 3.05) is 0 Å². The first kappa shape index (κ1) is 9.92. The summed E-state index contributed by atoms with van der Waals surface area (Å²) in [6.45, 7) is 1.49. The normalized spacial score (nSPS) is 9.92. The second kappa shape index (κ2) is 4.18. The number of aliphatic carboxylic acids is 1. The number of hydrogen-bond donors (Lipinski definition) is 1. The molecule has 1 heterocycles. The molecule has 0 radical (unpaired) electrons. The topological polar surface area (TPSA) is 54.4 Å². The first-order valence-corrected chi connectivity index (χ1v) is 4.78. The highest BCUT2D eigenvalue weighted by molar-refractivity contribution is 7.10. The van der Waals surface area contributed by atoms with E-state index >= 15 is 0 Å². The van der Waals surface area contributed by atoms with Crippen molar-refractivity contribution in [1.82, 2.24) is 0 Å². The molecule has 0 aliphatic rings. The zero-order chi connectivity index (χ0) is 9.84. The first-order valence-electron chi connectivity index (χ1n) is 3.90. The minimum atomic E-state index is -0.831. The second-order valence-corrected chi connectivity index (χ2v) is 3.71. The van der Waals surface area contributed by atoms with Crippen molar-refractivity contribution in [3.05, 3.63) is 21.9 Å². The van der Waals surface area contributed by atoms with Crippen molar-refractivity contribution in [2.24, 2.45) is 0 Å². The van der Waals surface area contributed by atoms with Gasteiger partial charge in [0, 0.05) is 10.4 Å². The number of carbonyl (C=O) groups excluding carboxylic acids is 1. The smallest absolute Gasteiger partial charge is 0.303 e. The van der Waals surface area contributed by atoms with Crippen LogP contribution in [0.5, 0.6) is 0 Å². The molecule has 0 spiro atoms. The van der Waals surface area contributed by atoms with Gasteiger partial charge in [0.15, 0.2) is 5.78 Å². The minimum absolute atomic E-state index is 0.00152. The highest BCUT2D eigenvalue weighted by Gasteiger charge is 2.09. The van der Waals surface area contributed by atoms with Crippen molar-refractivity contribution >= 4 is 23.1 Å². The van der Waals surface area contributed by atoms with Crippen LogP contribution in [0.1, 0.15) is 28.6 Å². The minimum Gasteiger partial charge on any atom is -0.481 e. The van der Waals surface area contributed by atoms with Gasteiger partial charge in [-0.05, 0) is 24.8 Å². The summed E-state index contributed by atoms with van der Waals surface area (Å²) in [5, 5.41) is 10.3. The van der Waals surface area contributed by atoms with E-state index in [-0.39, 0.29) is 12.2 Å². The molecule has 1 aromatic heterocycles. The summed E-state index contributed by atoms with van der Waals surface area (Å²) in [6.07, 6.45) is 0.530. The van der Waals surface area contributed by atoms with E-state index in [0.717, 1.165) is 4.88 Å². The molecule has 1 N–H and O–H groups in total. The van der Waals surface area contributed by atoms with Crippen LogP contribution in [0.3, 0.4) is 0 Å². The van der Waals surface area contributed by atoms with Crippen molar-refractivity contribution in [3.63, 3.8) is 0 Å². The summed E-state index contributed by atoms with van der Waals surface area (Å²) < 4.78 is 0. The molecular formula is C9H10O3S. The standard InChI is InChI=1S/C9H10O3S/c1-6(10)7-4-5-13-8(7)2-3-9(11)12/h4-5H,2-3H2,1H3,(H,11,12). The third kappa shape index (κ3) is 2.66. The lowest BCUT2D eigenvalue weighted by Crippen LogP contribution is -2.00. The van der Waals surface area contributed by atoms with Gasteiger partial charge in [0.25, 0.3) is 0 Å². The van der Waals surface area contributed by atoms with E-state index in [1.54, 1.807) is 6.07 Å². The van der Waals surface area contributed by atoms with Gasteiger partial charge in [0.1, 0.15) is 0 Å². The Bertz CT molecular complexity index is 327. The number of thiophene rings is 1. The van der Waals surface area contributed by atoms with Gasteiger partial charge in [0.2, 0.25) is 0 Å². The van der Waals surface area contributed by atoms with Gasteiger partial charge in [-0.1, -0.05) is 0 Å². The lowest BCUT2D eigenvalue weighted by Gasteiger charge is -1.96. The molecule has 0 unspecified atom stereocenters. The summed E-state index contributed by atoms with van der Waals surface area (Å²) in [5.41, 5.74) is 0.659. The van der Waals surface area contributed by atoms with Gasteiger partial charge in [-0.15, -0.1) is 11.3 Å². The van der Waals surface area contributed by atoms with Gasteiger partial charge >= 0.3 is 5.97 Å².